The maximum absolute atomic E-state index is 12.4. The molecule has 0 bridgehead atoms. The lowest BCUT2D eigenvalue weighted by Crippen LogP contribution is -2.45. The molecule has 0 fully saturated rings. The third-order valence-corrected chi connectivity index (χ3v) is 10.2. The van der Waals surface area contributed by atoms with Crippen molar-refractivity contribution in [1.82, 2.24) is 5.32 Å². The second-order valence-electron chi connectivity index (χ2n) is 15.4. The predicted octanol–water partition coefficient (Wildman–Crippen LogP) is 14.7. The van der Waals surface area contributed by atoms with E-state index in [1.165, 1.54) is 141 Å². The van der Waals surface area contributed by atoms with Gasteiger partial charge in [0.05, 0.1) is 18.8 Å². The first-order valence-corrected chi connectivity index (χ1v) is 23.2. The molecule has 0 rings (SSSR count). The van der Waals surface area contributed by atoms with Crippen molar-refractivity contribution in [1.29, 1.82) is 0 Å². The smallest absolute Gasteiger partial charge is 0.220 e. The Bertz CT molecular complexity index is 946. The van der Waals surface area contributed by atoms with E-state index < -0.39 is 12.1 Å². The van der Waals surface area contributed by atoms with Gasteiger partial charge in [-0.2, -0.15) is 0 Å². The molecule has 4 heteroatoms. The maximum Gasteiger partial charge on any atom is 0.220 e. The molecular weight excluding hydrogens is 663 g/mol. The summed E-state index contributed by atoms with van der Waals surface area (Å²) in [6.45, 7) is 4.19. The molecule has 0 aliphatic heterocycles. The third-order valence-electron chi connectivity index (χ3n) is 10.2. The molecule has 0 saturated heterocycles. The summed E-state index contributed by atoms with van der Waals surface area (Å²) in [5.41, 5.74) is 0. The second kappa shape index (κ2) is 45.2. The highest BCUT2D eigenvalue weighted by Gasteiger charge is 2.17. The third kappa shape index (κ3) is 41.0. The molecule has 0 radical (unpaired) electrons. The molecule has 4 nitrogen and oxygen atoms in total. The Morgan fingerprint density at radius 2 is 0.815 bits per heavy atom. The van der Waals surface area contributed by atoms with Gasteiger partial charge in [-0.25, -0.2) is 0 Å². The normalized spacial score (nSPS) is 13.6. The van der Waals surface area contributed by atoms with Gasteiger partial charge < -0.3 is 15.5 Å². The first-order chi connectivity index (χ1) is 26.7. The summed E-state index contributed by atoms with van der Waals surface area (Å²) < 4.78 is 0. The van der Waals surface area contributed by atoms with Crippen molar-refractivity contribution in [2.75, 3.05) is 6.61 Å². The van der Waals surface area contributed by atoms with Crippen molar-refractivity contribution in [3.05, 3.63) is 72.9 Å². The van der Waals surface area contributed by atoms with Gasteiger partial charge in [0.2, 0.25) is 5.91 Å². The summed E-state index contributed by atoms with van der Waals surface area (Å²) in [4.78, 5) is 12.4. The molecule has 0 aromatic carbocycles. The van der Waals surface area contributed by atoms with E-state index in [0.717, 1.165) is 57.8 Å². The molecule has 0 aromatic heterocycles. The summed E-state index contributed by atoms with van der Waals surface area (Å²) in [5.74, 6) is -0.0685. The van der Waals surface area contributed by atoms with Gasteiger partial charge in [-0.3, -0.25) is 4.79 Å². The van der Waals surface area contributed by atoms with Crippen LogP contribution in [0.3, 0.4) is 0 Å². The van der Waals surface area contributed by atoms with Crippen molar-refractivity contribution < 1.29 is 15.0 Å². The zero-order valence-corrected chi connectivity index (χ0v) is 35.7. The SMILES string of the molecule is CC/C=C\C/C=C\C/C=C\C/C=C\C/C=C\CCCCCCCCCCCCCCCC(=O)NC(CO)C(O)/C=C/CCCCCCCCCCCCC. The zero-order chi connectivity index (χ0) is 39.3. The van der Waals surface area contributed by atoms with Gasteiger partial charge in [0.25, 0.3) is 0 Å². The molecule has 0 aliphatic rings. The number of carbonyl (C=O) groups excluding carboxylic acids is 1. The lowest BCUT2D eigenvalue weighted by Gasteiger charge is -2.20. The first-order valence-electron chi connectivity index (χ1n) is 23.2. The van der Waals surface area contributed by atoms with E-state index in [0.29, 0.717) is 6.42 Å². The Balaban J connectivity index is 3.54. The summed E-state index contributed by atoms with van der Waals surface area (Å²) >= 11 is 0. The number of hydrogen-bond acceptors (Lipinski definition) is 3. The van der Waals surface area contributed by atoms with E-state index in [2.05, 4.69) is 79.9 Å². The van der Waals surface area contributed by atoms with Crippen molar-refractivity contribution in [3.8, 4) is 0 Å². The molecule has 0 aromatic rings. The molecule has 1 amide bonds. The minimum atomic E-state index is -0.841. The van der Waals surface area contributed by atoms with Crippen molar-refractivity contribution in [2.45, 2.75) is 231 Å². The van der Waals surface area contributed by atoms with E-state index in [-0.39, 0.29) is 12.5 Å². The van der Waals surface area contributed by atoms with Crippen LogP contribution in [0.15, 0.2) is 72.9 Å². The highest BCUT2D eigenvalue weighted by atomic mass is 16.3. The molecule has 0 spiro atoms. The Morgan fingerprint density at radius 1 is 0.463 bits per heavy atom. The van der Waals surface area contributed by atoms with Crippen LogP contribution >= 0.6 is 0 Å². The Labute approximate surface area is 336 Å². The number of amides is 1. The average Bonchev–Trinajstić information content (AvgIpc) is 3.18. The van der Waals surface area contributed by atoms with Crippen LogP contribution in [0, 0.1) is 0 Å². The summed E-state index contributed by atoms with van der Waals surface area (Å²) in [6, 6.07) is -0.624. The van der Waals surface area contributed by atoms with Crippen LogP contribution in [-0.4, -0.2) is 34.9 Å². The fraction of sp³-hybridized carbons (Fsp3) is 0.740. The van der Waals surface area contributed by atoms with E-state index in [1.807, 2.05) is 6.08 Å². The fourth-order valence-corrected chi connectivity index (χ4v) is 6.68. The predicted molar refractivity (Wildman–Crippen MR) is 239 cm³/mol. The zero-order valence-electron chi connectivity index (χ0n) is 35.7. The quantitative estimate of drug-likeness (QED) is 0.0430. The number of unbranched alkanes of at least 4 members (excludes halogenated alkanes) is 24. The topological polar surface area (TPSA) is 69.6 Å². The molecule has 54 heavy (non-hydrogen) atoms. The van der Waals surface area contributed by atoms with Crippen molar-refractivity contribution >= 4 is 5.91 Å². The standard InChI is InChI=1S/C50H89NO3/c1-3-5-7-9-11-13-15-17-18-19-20-21-22-23-24-25-26-27-28-29-30-31-32-34-36-38-40-42-44-46-50(54)51-48(47-52)49(53)45-43-41-39-37-35-33-16-14-12-10-8-6-4-2/h5,7,11,13,17-18,20-21,23-24,43,45,48-49,52-53H,3-4,6,8-10,12,14-16,19,22,25-42,44,46-47H2,1-2H3,(H,51,54)/b7-5-,13-11-,18-17-,21-20-,24-23-,45-43+. The average molecular weight is 752 g/mol. The number of hydrogen-bond donors (Lipinski definition) is 3. The Hall–Kier alpha value is -2.17. The largest absolute Gasteiger partial charge is 0.394 e. The van der Waals surface area contributed by atoms with Crippen LogP contribution in [-0.2, 0) is 4.79 Å². The van der Waals surface area contributed by atoms with Gasteiger partial charge in [-0.05, 0) is 64.2 Å². The fourth-order valence-electron chi connectivity index (χ4n) is 6.68. The van der Waals surface area contributed by atoms with Crippen LogP contribution in [0.5, 0.6) is 0 Å². The highest BCUT2D eigenvalue weighted by Crippen LogP contribution is 2.15. The number of nitrogens with one attached hydrogen (secondary N) is 1. The number of aliphatic hydroxyl groups excluding tert-OH is 2. The summed E-state index contributed by atoms with van der Waals surface area (Å²) in [6.07, 6.45) is 64.5. The molecule has 0 heterocycles. The van der Waals surface area contributed by atoms with E-state index in [9.17, 15) is 15.0 Å². The molecule has 2 atom stereocenters. The van der Waals surface area contributed by atoms with Gasteiger partial charge >= 0.3 is 0 Å². The lowest BCUT2D eigenvalue weighted by atomic mass is 10.0. The van der Waals surface area contributed by atoms with E-state index in [1.54, 1.807) is 6.08 Å². The van der Waals surface area contributed by atoms with Gasteiger partial charge in [0.1, 0.15) is 0 Å². The Morgan fingerprint density at radius 3 is 1.22 bits per heavy atom. The van der Waals surface area contributed by atoms with Gasteiger partial charge in [-0.15, -0.1) is 0 Å². The van der Waals surface area contributed by atoms with Crippen molar-refractivity contribution in [3.63, 3.8) is 0 Å². The minimum absolute atomic E-state index is 0.0685. The monoisotopic (exact) mass is 752 g/mol. The van der Waals surface area contributed by atoms with Crippen LogP contribution in [0.4, 0.5) is 0 Å². The number of carbonyl (C=O) groups is 1. The van der Waals surface area contributed by atoms with Crippen LogP contribution in [0.2, 0.25) is 0 Å². The van der Waals surface area contributed by atoms with E-state index >= 15 is 0 Å². The molecule has 0 aliphatic carbocycles. The van der Waals surface area contributed by atoms with Crippen LogP contribution in [0.1, 0.15) is 219 Å². The molecule has 312 valence electrons. The van der Waals surface area contributed by atoms with Gasteiger partial charge in [-0.1, -0.05) is 222 Å². The van der Waals surface area contributed by atoms with Gasteiger partial charge in [0, 0.05) is 6.42 Å². The number of aliphatic hydroxyl groups is 2. The lowest BCUT2D eigenvalue weighted by molar-refractivity contribution is -0.123. The molecule has 2 unspecified atom stereocenters. The second-order valence-corrected chi connectivity index (χ2v) is 15.4. The first kappa shape index (κ1) is 51.8. The van der Waals surface area contributed by atoms with Gasteiger partial charge in [0.15, 0.2) is 0 Å². The minimum Gasteiger partial charge on any atom is -0.394 e. The van der Waals surface area contributed by atoms with Crippen molar-refractivity contribution in [2.24, 2.45) is 0 Å². The van der Waals surface area contributed by atoms with Crippen LogP contribution in [0.25, 0.3) is 0 Å². The molecular formula is C50H89NO3. The summed E-state index contributed by atoms with van der Waals surface area (Å²) in [7, 11) is 0. The maximum atomic E-state index is 12.4. The molecule has 3 N–H and O–H groups in total. The molecule has 0 saturated carbocycles. The van der Waals surface area contributed by atoms with Crippen LogP contribution < -0.4 is 5.32 Å². The Kier molecular flexibility index (Phi) is 43.4. The number of allylic oxidation sites excluding steroid dienone is 11. The highest BCUT2D eigenvalue weighted by molar-refractivity contribution is 5.76. The number of rotatable bonds is 41. The summed E-state index contributed by atoms with van der Waals surface area (Å²) in [5, 5.41) is 23.0. The van der Waals surface area contributed by atoms with E-state index in [4.69, 9.17) is 0 Å².